The number of fused-ring (bicyclic) bond motifs is 1. The summed E-state index contributed by atoms with van der Waals surface area (Å²) in [5, 5.41) is 12.1. The number of hydrogen-bond donors (Lipinski definition) is 1. The fourth-order valence-corrected chi connectivity index (χ4v) is 4.47. The maximum Gasteiger partial charge on any atom is 0.294 e. The number of Topliss-reactive ketones (excluding diaryl/α,β-unsaturated/α-hetero) is 1. The summed E-state index contributed by atoms with van der Waals surface area (Å²) in [5.41, 5.74) is 3.72. The molecule has 0 spiro atoms. The summed E-state index contributed by atoms with van der Waals surface area (Å²) in [4.78, 5) is 28.5. The molecule has 1 amide bonds. The lowest BCUT2D eigenvalue weighted by Crippen LogP contribution is -2.31. The number of anilines is 1. The van der Waals surface area contributed by atoms with Gasteiger partial charge in [-0.25, -0.2) is 0 Å². The van der Waals surface area contributed by atoms with E-state index in [1.807, 2.05) is 62.4 Å². The lowest BCUT2D eigenvalue weighted by Gasteiger charge is -2.28. The van der Waals surface area contributed by atoms with Gasteiger partial charge < -0.3 is 9.52 Å². The van der Waals surface area contributed by atoms with E-state index in [9.17, 15) is 14.7 Å². The molecule has 0 bridgehead atoms. The molecule has 0 fully saturated rings. The number of aliphatic hydroxyl groups is 1. The van der Waals surface area contributed by atoms with E-state index in [1.165, 1.54) is 4.90 Å². The number of rotatable bonds is 4. The maximum atomic E-state index is 13.6. The molecule has 5 nitrogen and oxygen atoms in total. The Balaban J connectivity index is 1.68. The molecule has 33 heavy (non-hydrogen) atoms. The van der Waals surface area contributed by atoms with E-state index in [0.29, 0.717) is 27.2 Å². The molecule has 0 saturated heterocycles. The highest BCUT2D eigenvalue weighted by molar-refractivity contribution is 6.31. The van der Waals surface area contributed by atoms with Crippen molar-refractivity contribution in [2.24, 2.45) is 0 Å². The fourth-order valence-electron chi connectivity index (χ4n) is 4.29. The second kappa shape index (κ2) is 7.94. The number of carbonyl (C=O) groups is 2. The number of aryl methyl sites for hydroxylation is 1. The zero-order valence-corrected chi connectivity index (χ0v) is 18.8. The van der Waals surface area contributed by atoms with Crippen molar-refractivity contribution in [1.82, 2.24) is 0 Å². The summed E-state index contributed by atoms with van der Waals surface area (Å²) in [7, 11) is 0. The van der Waals surface area contributed by atoms with Crippen LogP contribution in [-0.4, -0.2) is 16.8 Å². The molecular weight excluding hydrogens is 438 g/mol. The molecule has 0 aliphatic carbocycles. The quantitative estimate of drug-likeness (QED) is 0.356. The van der Waals surface area contributed by atoms with Gasteiger partial charge in [0, 0.05) is 16.1 Å². The minimum Gasteiger partial charge on any atom is -0.503 e. The van der Waals surface area contributed by atoms with Crippen molar-refractivity contribution in [2.75, 3.05) is 4.90 Å². The van der Waals surface area contributed by atoms with Gasteiger partial charge >= 0.3 is 0 Å². The lowest BCUT2D eigenvalue weighted by molar-refractivity contribution is -0.117. The van der Waals surface area contributed by atoms with Crippen molar-refractivity contribution in [3.8, 4) is 0 Å². The average Bonchev–Trinajstić information content (AvgIpc) is 3.34. The van der Waals surface area contributed by atoms with Crippen LogP contribution in [0.2, 0.25) is 5.02 Å². The van der Waals surface area contributed by atoms with Gasteiger partial charge in [-0.2, -0.15) is 0 Å². The molecule has 1 unspecified atom stereocenters. The van der Waals surface area contributed by atoms with Gasteiger partial charge in [0.15, 0.2) is 11.5 Å². The van der Waals surface area contributed by atoms with Crippen LogP contribution in [0.4, 0.5) is 5.69 Å². The monoisotopic (exact) mass is 457 g/mol. The Hall–Kier alpha value is -3.83. The van der Waals surface area contributed by atoms with Gasteiger partial charge in [0.25, 0.3) is 5.91 Å². The first-order valence-electron chi connectivity index (χ1n) is 10.5. The van der Waals surface area contributed by atoms with Crippen LogP contribution in [0.3, 0.4) is 0 Å². The van der Waals surface area contributed by atoms with E-state index in [4.69, 9.17) is 16.0 Å². The standard InChI is InChI=1S/C27H20ClNO4/c1-15-7-6-10-20(16(15)2)29-24(17-8-4-3-5-9-17)23(26(31)27(29)32)25(30)22-14-18-13-19(28)11-12-21(18)33-22/h3-14,24,31H,1-2H3. The van der Waals surface area contributed by atoms with Crippen LogP contribution < -0.4 is 4.90 Å². The summed E-state index contributed by atoms with van der Waals surface area (Å²) in [6.45, 7) is 3.87. The molecule has 0 radical (unpaired) electrons. The molecule has 2 heterocycles. The zero-order valence-electron chi connectivity index (χ0n) is 18.0. The van der Waals surface area contributed by atoms with E-state index < -0.39 is 23.5 Å². The number of furan rings is 1. The fraction of sp³-hybridized carbons (Fsp3) is 0.111. The summed E-state index contributed by atoms with van der Waals surface area (Å²) < 4.78 is 5.77. The van der Waals surface area contributed by atoms with Crippen LogP contribution in [0.5, 0.6) is 0 Å². The number of ketones is 1. The van der Waals surface area contributed by atoms with Crippen LogP contribution in [0.15, 0.2) is 88.5 Å². The molecular formula is C27H20ClNO4. The van der Waals surface area contributed by atoms with Crippen molar-refractivity contribution in [3.05, 3.63) is 112 Å². The molecule has 1 aliphatic heterocycles. The molecule has 1 N–H and O–H groups in total. The second-order valence-electron chi connectivity index (χ2n) is 8.09. The molecule has 1 aromatic heterocycles. The van der Waals surface area contributed by atoms with Crippen molar-refractivity contribution in [2.45, 2.75) is 19.9 Å². The number of hydrogen-bond acceptors (Lipinski definition) is 4. The van der Waals surface area contributed by atoms with Gasteiger partial charge in [0.1, 0.15) is 5.58 Å². The number of aliphatic hydroxyl groups excluding tert-OH is 1. The summed E-state index contributed by atoms with van der Waals surface area (Å²) in [6, 6.07) is 20.7. The molecule has 1 atom stereocenters. The summed E-state index contributed by atoms with van der Waals surface area (Å²) >= 11 is 6.07. The average molecular weight is 458 g/mol. The first kappa shape index (κ1) is 21.0. The number of nitrogens with zero attached hydrogens (tertiary/aromatic N) is 1. The van der Waals surface area contributed by atoms with Crippen LogP contribution >= 0.6 is 11.6 Å². The molecule has 0 saturated carbocycles. The largest absolute Gasteiger partial charge is 0.503 e. The Morgan fingerprint density at radius 1 is 1.00 bits per heavy atom. The Labute approximate surface area is 195 Å². The normalized spacial score (nSPS) is 16.2. The first-order valence-corrected chi connectivity index (χ1v) is 10.9. The highest BCUT2D eigenvalue weighted by Crippen LogP contribution is 2.43. The Kier molecular flexibility index (Phi) is 5.06. The molecule has 3 aromatic carbocycles. The lowest BCUT2D eigenvalue weighted by atomic mass is 9.94. The molecule has 5 rings (SSSR count). The number of halogens is 1. The maximum absolute atomic E-state index is 13.6. The van der Waals surface area contributed by atoms with Crippen molar-refractivity contribution in [1.29, 1.82) is 0 Å². The Morgan fingerprint density at radius 3 is 2.52 bits per heavy atom. The number of carbonyl (C=O) groups excluding carboxylic acids is 2. The summed E-state index contributed by atoms with van der Waals surface area (Å²) in [5.74, 6) is -1.71. The second-order valence-corrected chi connectivity index (χ2v) is 8.53. The highest BCUT2D eigenvalue weighted by atomic mass is 35.5. The van der Waals surface area contributed by atoms with E-state index in [1.54, 1.807) is 24.3 Å². The minimum absolute atomic E-state index is 0.0164. The smallest absolute Gasteiger partial charge is 0.294 e. The van der Waals surface area contributed by atoms with Crippen LogP contribution in [-0.2, 0) is 4.79 Å². The van der Waals surface area contributed by atoms with Gasteiger partial charge in [0.05, 0.1) is 11.6 Å². The third-order valence-electron chi connectivity index (χ3n) is 6.11. The first-order chi connectivity index (χ1) is 15.9. The highest BCUT2D eigenvalue weighted by Gasteiger charge is 2.45. The van der Waals surface area contributed by atoms with Gasteiger partial charge in [0.2, 0.25) is 5.78 Å². The zero-order chi connectivity index (χ0) is 23.3. The molecule has 4 aromatic rings. The van der Waals surface area contributed by atoms with E-state index in [2.05, 4.69) is 0 Å². The minimum atomic E-state index is -0.802. The van der Waals surface area contributed by atoms with Gasteiger partial charge in [-0.05, 0) is 60.9 Å². The number of amides is 1. The SMILES string of the molecule is Cc1cccc(N2C(=O)C(O)=C(C(=O)c3cc4cc(Cl)ccc4o3)C2c2ccccc2)c1C. The van der Waals surface area contributed by atoms with Crippen LogP contribution in [0.1, 0.15) is 33.3 Å². The third kappa shape index (κ3) is 3.41. The van der Waals surface area contributed by atoms with Crippen molar-refractivity contribution in [3.63, 3.8) is 0 Å². The Bertz CT molecular complexity index is 1450. The predicted octanol–water partition coefficient (Wildman–Crippen LogP) is 6.49. The van der Waals surface area contributed by atoms with Crippen molar-refractivity contribution >= 4 is 39.9 Å². The van der Waals surface area contributed by atoms with Gasteiger partial charge in [-0.15, -0.1) is 0 Å². The molecule has 6 heteroatoms. The van der Waals surface area contributed by atoms with Crippen LogP contribution in [0, 0.1) is 13.8 Å². The number of benzene rings is 3. The van der Waals surface area contributed by atoms with E-state index in [0.717, 1.165) is 11.1 Å². The van der Waals surface area contributed by atoms with Gasteiger partial charge in [-0.3, -0.25) is 14.5 Å². The Morgan fingerprint density at radius 2 is 1.76 bits per heavy atom. The summed E-state index contributed by atoms with van der Waals surface area (Å²) in [6.07, 6.45) is 0. The van der Waals surface area contributed by atoms with E-state index in [-0.39, 0.29) is 11.3 Å². The van der Waals surface area contributed by atoms with Crippen LogP contribution in [0.25, 0.3) is 11.0 Å². The van der Waals surface area contributed by atoms with Crippen molar-refractivity contribution < 1.29 is 19.1 Å². The molecule has 164 valence electrons. The predicted molar refractivity (Wildman–Crippen MR) is 128 cm³/mol. The third-order valence-corrected chi connectivity index (χ3v) is 6.34. The topological polar surface area (TPSA) is 70.8 Å². The van der Waals surface area contributed by atoms with Gasteiger partial charge in [-0.1, -0.05) is 54.1 Å². The van der Waals surface area contributed by atoms with E-state index >= 15 is 0 Å². The molecule has 1 aliphatic rings.